The molecule has 0 aliphatic rings. The van der Waals surface area contributed by atoms with Crippen molar-refractivity contribution in [2.24, 2.45) is 0 Å². The van der Waals surface area contributed by atoms with Gasteiger partial charge in [0.2, 0.25) is 0 Å². The average molecular weight is 645 g/mol. The topological polar surface area (TPSA) is 6.48 Å². The Balaban J connectivity index is 1.57. The molecule has 0 fully saturated rings. The van der Waals surface area contributed by atoms with E-state index in [9.17, 15) is 0 Å². The summed E-state index contributed by atoms with van der Waals surface area (Å²) in [5.41, 5.74) is 6.80. The first-order valence-corrected chi connectivity index (χ1v) is 19.5. The lowest BCUT2D eigenvalue weighted by atomic mass is 10.1. The standard InChI is InChI=1S/C46H64N2/c1-5-9-13-17-37-47(38-18-14-10-6-2)45-33-29-43(30-34-45)27-25-41-21-23-42(24-22-41)26-28-44-31-35-46(36-32-44)48(39-19-15-11-7-3)40-20-16-12-8-4/h21-24,29-36H,5-20,37-40H2,1-4H3. The van der Waals surface area contributed by atoms with Crippen LogP contribution in [0.25, 0.3) is 0 Å². The minimum atomic E-state index is 1.01. The highest BCUT2D eigenvalue weighted by atomic mass is 15.1. The zero-order valence-electron chi connectivity index (χ0n) is 31.0. The van der Waals surface area contributed by atoms with Gasteiger partial charge in [-0.1, -0.05) is 128 Å². The summed E-state index contributed by atoms with van der Waals surface area (Å²) in [5.74, 6) is 13.4. The number of rotatable bonds is 22. The van der Waals surface area contributed by atoms with Crippen LogP contribution in [0.4, 0.5) is 11.4 Å². The van der Waals surface area contributed by atoms with Gasteiger partial charge in [-0.25, -0.2) is 0 Å². The van der Waals surface area contributed by atoms with Gasteiger partial charge < -0.3 is 9.80 Å². The quantitative estimate of drug-likeness (QED) is 0.0793. The maximum absolute atomic E-state index is 3.37. The van der Waals surface area contributed by atoms with E-state index < -0.39 is 0 Å². The molecule has 3 rings (SSSR count). The molecule has 0 saturated carbocycles. The summed E-state index contributed by atoms with van der Waals surface area (Å²) < 4.78 is 0. The molecule has 0 saturated heterocycles. The van der Waals surface area contributed by atoms with Crippen LogP contribution in [0.2, 0.25) is 0 Å². The van der Waals surface area contributed by atoms with Crippen molar-refractivity contribution in [2.45, 2.75) is 130 Å². The number of unbranched alkanes of at least 4 members (excludes halogenated alkanes) is 12. The Kier molecular flexibility index (Phi) is 19.8. The fraction of sp³-hybridized carbons (Fsp3) is 0.522. The summed E-state index contributed by atoms with van der Waals surface area (Å²) in [7, 11) is 0. The maximum Gasteiger partial charge on any atom is 0.0367 e. The highest BCUT2D eigenvalue weighted by Crippen LogP contribution is 2.20. The fourth-order valence-electron chi connectivity index (χ4n) is 6.09. The van der Waals surface area contributed by atoms with Crippen LogP contribution in [0.3, 0.4) is 0 Å². The van der Waals surface area contributed by atoms with Gasteiger partial charge in [-0.2, -0.15) is 0 Å². The molecule has 48 heavy (non-hydrogen) atoms. The van der Waals surface area contributed by atoms with Crippen LogP contribution >= 0.6 is 0 Å². The van der Waals surface area contributed by atoms with Crippen LogP contribution < -0.4 is 9.80 Å². The Morgan fingerprint density at radius 1 is 0.312 bits per heavy atom. The third-order valence-electron chi connectivity index (χ3n) is 9.18. The molecule has 0 radical (unpaired) electrons. The molecule has 0 heterocycles. The summed E-state index contributed by atoms with van der Waals surface area (Å²) >= 11 is 0. The summed E-state index contributed by atoms with van der Waals surface area (Å²) in [4.78, 5) is 5.16. The molecule has 3 aromatic carbocycles. The van der Waals surface area contributed by atoms with Gasteiger partial charge in [-0.3, -0.25) is 0 Å². The van der Waals surface area contributed by atoms with E-state index >= 15 is 0 Å². The van der Waals surface area contributed by atoms with Crippen LogP contribution in [0.1, 0.15) is 153 Å². The van der Waals surface area contributed by atoms with Gasteiger partial charge >= 0.3 is 0 Å². The molecule has 0 atom stereocenters. The monoisotopic (exact) mass is 645 g/mol. The van der Waals surface area contributed by atoms with Gasteiger partial charge in [0, 0.05) is 59.8 Å². The third kappa shape index (κ3) is 15.5. The van der Waals surface area contributed by atoms with E-state index in [-0.39, 0.29) is 0 Å². The maximum atomic E-state index is 3.37. The number of hydrogen-bond acceptors (Lipinski definition) is 2. The van der Waals surface area contributed by atoms with Crippen molar-refractivity contribution < 1.29 is 0 Å². The summed E-state index contributed by atoms with van der Waals surface area (Å²) in [6.07, 6.45) is 20.8. The second-order valence-corrected chi connectivity index (χ2v) is 13.4. The predicted octanol–water partition coefficient (Wildman–Crippen LogP) is 12.4. The first-order chi connectivity index (χ1) is 23.7. The van der Waals surface area contributed by atoms with E-state index in [1.807, 2.05) is 0 Å². The molecule has 2 heteroatoms. The van der Waals surface area contributed by atoms with E-state index in [1.54, 1.807) is 0 Å². The van der Waals surface area contributed by atoms with Crippen LogP contribution in [-0.4, -0.2) is 26.2 Å². The molecule has 3 aromatic rings. The Morgan fingerprint density at radius 3 is 0.771 bits per heavy atom. The lowest BCUT2D eigenvalue weighted by Gasteiger charge is -2.25. The highest BCUT2D eigenvalue weighted by Gasteiger charge is 2.08. The van der Waals surface area contributed by atoms with Crippen molar-refractivity contribution in [1.29, 1.82) is 0 Å². The third-order valence-corrected chi connectivity index (χ3v) is 9.18. The van der Waals surface area contributed by atoms with Gasteiger partial charge in [0.25, 0.3) is 0 Å². The zero-order chi connectivity index (χ0) is 34.1. The molecule has 0 aliphatic heterocycles. The van der Waals surface area contributed by atoms with Crippen LogP contribution in [0, 0.1) is 23.7 Å². The van der Waals surface area contributed by atoms with Crippen molar-refractivity contribution in [3.8, 4) is 23.7 Å². The molecule has 0 amide bonds. The van der Waals surface area contributed by atoms with Crippen molar-refractivity contribution in [3.63, 3.8) is 0 Å². The minimum absolute atomic E-state index is 1.01. The number of nitrogens with zero attached hydrogens (tertiary/aromatic N) is 2. The number of anilines is 2. The van der Waals surface area contributed by atoms with Crippen LogP contribution in [-0.2, 0) is 0 Å². The van der Waals surface area contributed by atoms with Crippen molar-refractivity contribution in [3.05, 3.63) is 95.1 Å². The molecular formula is C46H64N2. The Hall–Kier alpha value is -3.62. The molecular weight excluding hydrogens is 581 g/mol. The fourth-order valence-corrected chi connectivity index (χ4v) is 6.09. The first-order valence-electron chi connectivity index (χ1n) is 19.5. The molecule has 258 valence electrons. The normalized spacial score (nSPS) is 10.6. The van der Waals surface area contributed by atoms with Gasteiger partial charge in [-0.15, -0.1) is 0 Å². The Labute approximate surface area is 295 Å². The zero-order valence-corrected chi connectivity index (χ0v) is 31.0. The summed E-state index contributed by atoms with van der Waals surface area (Å²) in [6.45, 7) is 13.7. The lowest BCUT2D eigenvalue weighted by molar-refractivity contribution is 0.609. The Morgan fingerprint density at radius 2 is 0.542 bits per heavy atom. The van der Waals surface area contributed by atoms with Gasteiger partial charge in [0.1, 0.15) is 0 Å². The molecule has 0 N–H and O–H groups in total. The second kappa shape index (κ2) is 24.5. The van der Waals surface area contributed by atoms with Crippen LogP contribution in [0.5, 0.6) is 0 Å². The van der Waals surface area contributed by atoms with E-state index in [0.29, 0.717) is 0 Å². The molecule has 0 bridgehead atoms. The molecule has 0 spiro atoms. The predicted molar refractivity (Wildman–Crippen MR) is 212 cm³/mol. The number of hydrogen-bond donors (Lipinski definition) is 0. The van der Waals surface area contributed by atoms with E-state index in [1.165, 1.54) is 114 Å². The SMILES string of the molecule is CCCCCCN(CCCCCC)c1ccc(C#Cc2ccc(C#Cc3ccc(N(CCCCCC)CCCCCC)cc3)cc2)cc1. The molecule has 2 nitrogen and oxygen atoms in total. The lowest BCUT2D eigenvalue weighted by Crippen LogP contribution is -2.25. The Bertz CT molecular complexity index is 1230. The molecule has 0 aromatic heterocycles. The average Bonchev–Trinajstić information content (AvgIpc) is 3.13. The second-order valence-electron chi connectivity index (χ2n) is 13.4. The van der Waals surface area contributed by atoms with Gasteiger partial charge in [0.15, 0.2) is 0 Å². The minimum Gasteiger partial charge on any atom is -0.372 e. The molecule has 0 unspecified atom stereocenters. The van der Waals surface area contributed by atoms with Gasteiger partial charge in [0.05, 0.1) is 0 Å². The number of benzene rings is 3. The van der Waals surface area contributed by atoms with E-state index in [4.69, 9.17) is 0 Å². The molecule has 0 aliphatic carbocycles. The van der Waals surface area contributed by atoms with Crippen LogP contribution in [0.15, 0.2) is 72.8 Å². The smallest absolute Gasteiger partial charge is 0.0367 e. The van der Waals surface area contributed by atoms with E-state index in [0.717, 1.165) is 48.4 Å². The van der Waals surface area contributed by atoms with Crippen molar-refractivity contribution in [2.75, 3.05) is 36.0 Å². The summed E-state index contributed by atoms with van der Waals surface area (Å²) in [6, 6.07) is 26.1. The highest BCUT2D eigenvalue weighted by molar-refractivity contribution is 5.54. The van der Waals surface area contributed by atoms with Crippen molar-refractivity contribution >= 4 is 11.4 Å². The largest absolute Gasteiger partial charge is 0.372 e. The first kappa shape index (κ1) is 38.8. The van der Waals surface area contributed by atoms with Crippen molar-refractivity contribution in [1.82, 2.24) is 0 Å². The van der Waals surface area contributed by atoms with Gasteiger partial charge in [-0.05, 0) is 98.5 Å². The summed E-state index contributed by atoms with van der Waals surface area (Å²) in [5, 5.41) is 0. The van der Waals surface area contributed by atoms with E-state index in [2.05, 4.69) is 134 Å².